The van der Waals surface area contributed by atoms with E-state index in [0.717, 1.165) is 18.5 Å². The van der Waals surface area contributed by atoms with Crippen molar-refractivity contribution in [1.29, 1.82) is 0 Å². The van der Waals surface area contributed by atoms with Gasteiger partial charge in [0.1, 0.15) is 11.3 Å². The molecule has 2 heteroatoms. The predicted octanol–water partition coefficient (Wildman–Crippen LogP) is 0.958. The van der Waals surface area contributed by atoms with Crippen LogP contribution >= 0.6 is 0 Å². The maximum Gasteiger partial charge on any atom is 0.126 e. The van der Waals surface area contributed by atoms with Crippen LogP contribution in [-0.4, -0.2) is 15.7 Å². The summed E-state index contributed by atoms with van der Waals surface area (Å²) in [6.07, 6.45) is 3.29. The fraction of sp³-hybridized carbons (Fsp3) is 0.300. The van der Waals surface area contributed by atoms with Crippen molar-refractivity contribution in [3.8, 4) is 11.8 Å². The average Bonchev–Trinajstić information content (AvgIpc) is 2.84. The summed E-state index contributed by atoms with van der Waals surface area (Å²) in [6, 6.07) is 5.56. The summed E-state index contributed by atoms with van der Waals surface area (Å²) in [5, 5.41) is 9.39. The van der Waals surface area contributed by atoms with Crippen molar-refractivity contribution in [2.24, 2.45) is 0 Å². The van der Waals surface area contributed by atoms with Crippen molar-refractivity contribution in [3.63, 3.8) is 0 Å². The molecule has 0 aromatic carbocycles. The largest absolute Gasteiger partial charge is 0.378 e. The van der Waals surface area contributed by atoms with Crippen LogP contribution in [-0.2, 0) is 0 Å². The van der Waals surface area contributed by atoms with Crippen LogP contribution in [0.3, 0.4) is 0 Å². The highest BCUT2D eigenvalue weighted by molar-refractivity contribution is 5.32. The van der Waals surface area contributed by atoms with Crippen LogP contribution in [0.2, 0.25) is 0 Å². The van der Waals surface area contributed by atoms with Crippen LogP contribution in [0, 0.1) is 11.8 Å². The maximum atomic E-state index is 9.39. The standard InChI is InChI=1S/C10H9NO/c12-10(6-7-10)5-4-9-3-1-2-8-11-9/h1-3,8,12H,6-7H2. The second kappa shape index (κ2) is 2.62. The minimum atomic E-state index is -0.697. The number of rotatable bonds is 0. The topological polar surface area (TPSA) is 33.1 Å². The Morgan fingerprint density at radius 3 is 2.83 bits per heavy atom. The van der Waals surface area contributed by atoms with Crippen LogP contribution in [0.4, 0.5) is 0 Å². The quantitative estimate of drug-likeness (QED) is 0.572. The molecule has 0 radical (unpaired) electrons. The fourth-order valence-corrected chi connectivity index (χ4v) is 0.860. The predicted molar refractivity (Wildman–Crippen MR) is 45.3 cm³/mol. The van der Waals surface area contributed by atoms with E-state index in [0.29, 0.717) is 0 Å². The summed E-state index contributed by atoms with van der Waals surface area (Å²) in [5.74, 6) is 5.63. The Morgan fingerprint density at radius 1 is 1.42 bits per heavy atom. The van der Waals surface area contributed by atoms with Crippen LogP contribution in [0.1, 0.15) is 18.5 Å². The second-order valence-electron chi connectivity index (χ2n) is 3.00. The molecule has 0 spiro atoms. The molecule has 60 valence electrons. The van der Waals surface area contributed by atoms with Crippen LogP contribution in [0.15, 0.2) is 24.4 Å². The molecule has 0 saturated heterocycles. The highest BCUT2D eigenvalue weighted by atomic mass is 16.3. The number of hydrogen-bond acceptors (Lipinski definition) is 2. The fourth-order valence-electron chi connectivity index (χ4n) is 0.860. The minimum absolute atomic E-state index is 0.697. The molecule has 0 aliphatic heterocycles. The molecule has 1 aromatic rings. The molecule has 1 fully saturated rings. The highest BCUT2D eigenvalue weighted by Gasteiger charge is 2.38. The van der Waals surface area contributed by atoms with Gasteiger partial charge >= 0.3 is 0 Å². The van der Waals surface area contributed by atoms with Gasteiger partial charge in [0.25, 0.3) is 0 Å². The third kappa shape index (κ3) is 1.63. The van der Waals surface area contributed by atoms with Gasteiger partial charge < -0.3 is 5.11 Å². The third-order valence-corrected chi connectivity index (χ3v) is 1.81. The summed E-state index contributed by atoms with van der Waals surface area (Å²) >= 11 is 0. The second-order valence-corrected chi connectivity index (χ2v) is 3.00. The van der Waals surface area contributed by atoms with E-state index in [4.69, 9.17) is 0 Å². The zero-order chi connectivity index (χ0) is 8.44. The summed E-state index contributed by atoms with van der Waals surface area (Å²) in [6.45, 7) is 0. The normalized spacial score (nSPS) is 17.8. The lowest BCUT2D eigenvalue weighted by atomic mass is 10.3. The summed E-state index contributed by atoms with van der Waals surface area (Å²) < 4.78 is 0. The van der Waals surface area contributed by atoms with Gasteiger partial charge in [-0.25, -0.2) is 4.98 Å². The molecule has 1 aliphatic rings. The number of aliphatic hydroxyl groups is 1. The number of aromatic nitrogens is 1. The first-order valence-electron chi connectivity index (χ1n) is 3.95. The Kier molecular flexibility index (Phi) is 1.60. The van der Waals surface area contributed by atoms with E-state index in [1.807, 2.05) is 18.2 Å². The van der Waals surface area contributed by atoms with Crippen molar-refractivity contribution >= 4 is 0 Å². The molecule has 1 N–H and O–H groups in total. The lowest BCUT2D eigenvalue weighted by molar-refractivity contribution is 0.212. The first kappa shape index (κ1) is 7.33. The van der Waals surface area contributed by atoms with Crippen LogP contribution in [0.5, 0.6) is 0 Å². The Bertz CT molecular complexity index is 330. The zero-order valence-corrected chi connectivity index (χ0v) is 6.62. The molecule has 0 atom stereocenters. The van der Waals surface area contributed by atoms with Crippen molar-refractivity contribution in [2.45, 2.75) is 18.4 Å². The van der Waals surface area contributed by atoms with Crippen molar-refractivity contribution < 1.29 is 5.11 Å². The number of pyridine rings is 1. The van der Waals surface area contributed by atoms with Gasteiger partial charge in [-0.15, -0.1) is 0 Å². The molecule has 0 amide bonds. The van der Waals surface area contributed by atoms with Crippen molar-refractivity contribution in [2.75, 3.05) is 0 Å². The SMILES string of the molecule is OC1(C#Cc2ccccn2)CC1. The molecule has 0 bridgehead atoms. The van der Waals surface area contributed by atoms with Gasteiger partial charge in [-0.05, 0) is 30.9 Å². The number of nitrogens with zero attached hydrogens (tertiary/aromatic N) is 1. The first-order valence-corrected chi connectivity index (χ1v) is 3.95. The average molecular weight is 159 g/mol. The molecule has 12 heavy (non-hydrogen) atoms. The minimum Gasteiger partial charge on any atom is -0.378 e. The van der Waals surface area contributed by atoms with Crippen molar-refractivity contribution in [3.05, 3.63) is 30.1 Å². The van der Waals surface area contributed by atoms with Gasteiger partial charge in [-0.2, -0.15) is 0 Å². The van der Waals surface area contributed by atoms with Crippen LogP contribution < -0.4 is 0 Å². The first-order chi connectivity index (χ1) is 5.79. The lowest BCUT2D eigenvalue weighted by Gasteiger charge is -1.91. The molecule has 2 nitrogen and oxygen atoms in total. The molecule has 0 unspecified atom stereocenters. The molecule has 1 heterocycles. The monoisotopic (exact) mass is 159 g/mol. The van der Waals surface area contributed by atoms with E-state index in [2.05, 4.69) is 16.8 Å². The molecule has 1 aromatic heterocycles. The van der Waals surface area contributed by atoms with Gasteiger partial charge in [-0.1, -0.05) is 12.0 Å². The van der Waals surface area contributed by atoms with Gasteiger partial charge in [0.2, 0.25) is 0 Å². The van der Waals surface area contributed by atoms with Gasteiger partial charge in [0, 0.05) is 6.20 Å². The summed E-state index contributed by atoms with van der Waals surface area (Å²) in [5.41, 5.74) is 0.0233. The van der Waals surface area contributed by atoms with Gasteiger partial charge in [0.15, 0.2) is 0 Å². The maximum absolute atomic E-state index is 9.39. The molecular formula is C10H9NO. The van der Waals surface area contributed by atoms with Crippen molar-refractivity contribution in [1.82, 2.24) is 4.98 Å². The van der Waals surface area contributed by atoms with Gasteiger partial charge in [0.05, 0.1) is 0 Å². The Labute approximate surface area is 71.3 Å². The third-order valence-electron chi connectivity index (χ3n) is 1.81. The summed E-state index contributed by atoms with van der Waals surface area (Å²) in [7, 11) is 0. The highest BCUT2D eigenvalue weighted by Crippen LogP contribution is 2.33. The Balaban J connectivity index is 2.16. The molecular weight excluding hydrogens is 150 g/mol. The molecule has 2 rings (SSSR count). The van der Waals surface area contributed by atoms with E-state index >= 15 is 0 Å². The van der Waals surface area contributed by atoms with E-state index in [1.54, 1.807) is 6.20 Å². The molecule has 1 aliphatic carbocycles. The molecule has 1 saturated carbocycles. The summed E-state index contributed by atoms with van der Waals surface area (Å²) in [4.78, 5) is 4.02. The smallest absolute Gasteiger partial charge is 0.126 e. The number of hydrogen-bond donors (Lipinski definition) is 1. The van der Waals surface area contributed by atoms with E-state index < -0.39 is 5.60 Å². The van der Waals surface area contributed by atoms with E-state index in [9.17, 15) is 5.11 Å². The van der Waals surface area contributed by atoms with E-state index in [-0.39, 0.29) is 0 Å². The van der Waals surface area contributed by atoms with Gasteiger partial charge in [-0.3, -0.25) is 0 Å². The zero-order valence-electron chi connectivity index (χ0n) is 6.62. The lowest BCUT2D eigenvalue weighted by Crippen LogP contribution is -2.00. The Morgan fingerprint density at radius 2 is 2.25 bits per heavy atom. The van der Waals surface area contributed by atoms with Crippen LogP contribution in [0.25, 0.3) is 0 Å². The van der Waals surface area contributed by atoms with E-state index in [1.165, 1.54) is 0 Å². The Hall–Kier alpha value is -1.33.